The van der Waals surface area contributed by atoms with Crippen LogP contribution in [0.15, 0.2) is 42.5 Å². The lowest BCUT2D eigenvalue weighted by Gasteiger charge is -2.35. The van der Waals surface area contributed by atoms with Crippen molar-refractivity contribution in [3.8, 4) is 5.75 Å². The maximum Gasteiger partial charge on any atom is 0.135 e. The van der Waals surface area contributed by atoms with Gasteiger partial charge in [-0.05, 0) is 5.56 Å². The molecule has 27 heavy (non-hydrogen) atoms. The van der Waals surface area contributed by atoms with Crippen LogP contribution >= 0.6 is 11.6 Å². The summed E-state index contributed by atoms with van der Waals surface area (Å²) in [6.45, 7) is 1.77. The summed E-state index contributed by atoms with van der Waals surface area (Å²) in [5.41, 5.74) is 1.42. The topological polar surface area (TPSA) is 49.8 Å². The van der Waals surface area contributed by atoms with Gasteiger partial charge in [-0.25, -0.2) is 4.98 Å². The monoisotopic (exact) mass is 389 g/mol. The first kappa shape index (κ1) is 18.7. The molecule has 6 heteroatoms. The molecule has 4 rings (SSSR count). The minimum absolute atomic E-state index is 0.135. The van der Waals surface area contributed by atoms with Crippen molar-refractivity contribution in [1.82, 2.24) is 4.98 Å². The van der Waals surface area contributed by atoms with E-state index in [9.17, 15) is 0 Å². The van der Waals surface area contributed by atoms with Crippen LogP contribution in [0.4, 0.5) is 0 Å². The lowest BCUT2D eigenvalue weighted by atomic mass is 9.91. The normalized spacial score (nSPS) is 27.3. The van der Waals surface area contributed by atoms with E-state index in [1.807, 2.05) is 24.3 Å². The molecule has 1 aromatic heterocycles. The van der Waals surface area contributed by atoms with Crippen LogP contribution in [0, 0.1) is 0 Å². The van der Waals surface area contributed by atoms with Gasteiger partial charge in [0.1, 0.15) is 22.6 Å². The van der Waals surface area contributed by atoms with Crippen LogP contribution in [0.1, 0.15) is 30.5 Å². The minimum atomic E-state index is -0.538. The highest BCUT2D eigenvalue weighted by atomic mass is 35.5. The summed E-state index contributed by atoms with van der Waals surface area (Å²) in [6.07, 6.45) is 2.88. The standard InChI is InChI=1S/C21H24ClNO4/c1-24-21(7-8-25-14-21)19-11-18(12-20(22)23-19)27-17-9-16(10-17)26-13-15-5-3-2-4-6-15/h2-6,11-12,16-17H,7-10,13-14H2,1H3/t16-,17+,21-/m0/s1. The van der Waals surface area contributed by atoms with Crippen LogP contribution in [0.5, 0.6) is 5.75 Å². The molecule has 0 N–H and O–H groups in total. The van der Waals surface area contributed by atoms with Crippen molar-refractivity contribution in [3.63, 3.8) is 0 Å². The largest absolute Gasteiger partial charge is 0.490 e. The average Bonchev–Trinajstić information content (AvgIpc) is 3.14. The third-order valence-corrected chi connectivity index (χ3v) is 5.49. The zero-order valence-electron chi connectivity index (χ0n) is 15.4. The van der Waals surface area contributed by atoms with Crippen LogP contribution < -0.4 is 4.74 Å². The van der Waals surface area contributed by atoms with Gasteiger partial charge in [0.15, 0.2) is 0 Å². The molecule has 1 saturated carbocycles. The number of methoxy groups -OCH3 is 1. The molecule has 0 radical (unpaired) electrons. The lowest BCUT2D eigenvalue weighted by Crippen LogP contribution is -2.39. The predicted octanol–water partition coefficient (Wildman–Crippen LogP) is 4.12. The second-order valence-corrected chi connectivity index (χ2v) is 7.53. The second-order valence-electron chi connectivity index (χ2n) is 7.14. The summed E-state index contributed by atoms with van der Waals surface area (Å²) >= 11 is 6.23. The van der Waals surface area contributed by atoms with Crippen molar-refractivity contribution in [1.29, 1.82) is 0 Å². The van der Waals surface area contributed by atoms with E-state index in [-0.39, 0.29) is 12.2 Å². The number of pyridine rings is 1. The molecule has 2 heterocycles. The Kier molecular flexibility index (Phi) is 5.64. The van der Waals surface area contributed by atoms with Crippen LogP contribution in [-0.4, -0.2) is 37.5 Å². The highest BCUT2D eigenvalue weighted by Crippen LogP contribution is 2.36. The van der Waals surface area contributed by atoms with E-state index in [1.165, 1.54) is 5.56 Å². The van der Waals surface area contributed by atoms with E-state index >= 15 is 0 Å². The van der Waals surface area contributed by atoms with Crippen molar-refractivity contribution in [2.45, 2.75) is 43.7 Å². The molecule has 2 aliphatic rings. The van der Waals surface area contributed by atoms with Crippen molar-refractivity contribution < 1.29 is 18.9 Å². The third kappa shape index (κ3) is 4.27. The molecular weight excluding hydrogens is 366 g/mol. The quantitative estimate of drug-likeness (QED) is 0.666. The van der Waals surface area contributed by atoms with Crippen molar-refractivity contribution >= 4 is 11.6 Å². The van der Waals surface area contributed by atoms with Crippen LogP contribution in [0.25, 0.3) is 0 Å². The van der Waals surface area contributed by atoms with Gasteiger partial charge in [-0.15, -0.1) is 0 Å². The van der Waals surface area contributed by atoms with E-state index in [1.54, 1.807) is 13.2 Å². The Bertz CT molecular complexity index is 758. The molecular formula is C21H24ClNO4. The lowest BCUT2D eigenvalue weighted by molar-refractivity contribution is -0.0686. The highest BCUT2D eigenvalue weighted by Gasteiger charge is 2.39. The van der Waals surface area contributed by atoms with Gasteiger partial charge < -0.3 is 18.9 Å². The van der Waals surface area contributed by atoms with Crippen LogP contribution in [0.3, 0.4) is 0 Å². The number of rotatable bonds is 7. The number of aromatic nitrogens is 1. The molecule has 5 nitrogen and oxygen atoms in total. The first-order chi connectivity index (χ1) is 13.2. The molecule has 1 aliphatic heterocycles. The first-order valence-electron chi connectivity index (χ1n) is 9.30. The fourth-order valence-corrected chi connectivity index (χ4v) is 3.72. The number of hydrogen-bond acceptors (Lipinski definition) is 5. The predicted molar refractivity (Wildman–Crippen MR) is 102 cm³/mol. The molecule has 0 spiro atoms. The average molecular weight is 390 g/mol. The molecule has 1 saturated heterocycles. The summed E-state index contributed by atoms with van der Waals surface area (Å²) in [5.74, 6) is 0.722. The van der Waals surface area contributed by atoms with Crippen molar-refractivity contribution in [2.24, 2.45) is 0 Å². The summed E-state index contributed by atoms with van der Waals surface area (Å²) in [5, 5.41) is 0.405. The molecule has 144 valence electrons. The molecule has 2 aromatic rings. The smallest absolute Gasteiger partial charge is 0.135 e. The Hall–Kier alpha value is -1.66. The van der Waals surface area contributed by atoms with Crippen LogP contribution in [0.2, 0.25) is 5.15 Å². The van der Waals surface area contributed by atoms with Gasteiger partial charge in [0.05, 0.1) is 25.0 Å². The molecule has 0 bridgehead atoms. The summed E-state index contributed by atoms with van der Waals surface area (Å²) in [7, 11) is 1.68. The first-order valence-corrected chi connectivity index (χ1v) is 9.68. The highest BCUT2D eigenvalue weighted by molar-refractivity contribution is 6.29. The molecule has 1 aliphatic carbocycles. The zero-order valence-corrected chi connectivity index (χ0v) is 16.2. The molecule has 1 aromatic carbocycles. The van der Waals surface area contributed by atoms with Gasteiger partial charge in [-0.1, -0.05) is 41.9 Å². The van der Waals surface area contributed by atoms with Gasteiger partial charge in [0.25, 0.3) is 0 Å². The van der Waals surface area contributed by atoms with E-state index in [0.29, 0.717) is 25.0 Å². The zero-order chi connectivity index (χ0) is 18.7. The minimum Gasteiger partial charge on any atom is -0.490 e. The van der Waals surface area contributed by atoms with Gasteiger partial charge in [0, 0.05) is 45.1 Å². The number of benzene rings is 1. The second kappa shape index (κ2) is 8.15. The maximum atomic E-state index is 6.23. The number of ether oxygens (including phenoxy) is 4. The summed E-state index contributed by atoms with van der Waals surface area (Å²) < 4.78 is 23.3. The Morgan fingerprint density at radius 3 is 2.70 bits per heavy atom. The number of hydrogen-bond donors (Lipinski definition) is 0. The van der Waals surface area contributed by atoms with Crippen LogP contribution in [-0.2, 0) is 26.4 Å². The van der Waals surface area contributed by atoms with Gasteiger partial charge >= 0.3 is 0 Å². The Morgan fingerprint density at radius 1 is 1.19 bits per heavy atom. The van der Waals surface area contributed by atoms with E-state index in [2.05, 4.69) is 17.1 Å². The summed E-state index contributed by atoms with van der Waals surface area (Å²) in [4.78, 5) is 4.44. The molecule has 0 unspecified atom stereocenters. The third-order valence-electron chi connectivity index (χ3n) is 5.29. The van der Waals surface area contributed by atoms with E-state index in [4.69, 9.17) is 30.5 Å². The van der Waals surface area contributed by atoms with E-state index in [0.717, 1.165) is 30.7 Å². The SMILES string of the molecule is CO[C@@]1(c2cc(O[C@H]3C[C@@H](OCc4ccccc4)C3)cc(Cl)n2)CCOC1. The Morgan fingerprint density at radius 2 is 2.00 bits per heavy atom. The van der Waals surface area contributed by atoms with Gasteiger partial charge in [0.2, 0.25) is 0 Å². The maximum absolute atomic E-state index is 6.23. The molecule has 0 amide bonds. The fourth-order valence-electron chi connectivity index (χ4n) is 3.52. The fraction of sp³-hybridized carbons (Fsp3) is 0.476. The van der Waals surface area contributed by atoms with Gasteiger partial charge in [-0.2, -0.15) is 0 Å². The molecule has 2 fully saturated rings. The summed E-state index contributed by atoms with van der Waals surface area (Å²) in [6, 6.07) is 13.9. The Balaban J connectivity index is 1.33. The Labute approximate surface area is 164 Å². The molecule has 1 atom stereocenters. The van der Waals surface area contributed by atoms with Crippen molar-refractivity contribution in [3.05, 3.63) is 58.9 Å². The number of nitrogens with zero attached hydrogens (tertiary/aromatic N) is 1. The van der Waals surface area contributed by atoms with Gasteiger partial charge in [-0.3, -0.25) is 0 Å². The van der Waals surface area contributed by atoms with E-state index < -0.39 is 5.60 Å². The number of halogens is 1. The van der Waals surface area contributed by atoms with Crippen molar-refractivity contribution in [2.75, 3.05) is 20.3 Å².